The topological polar surface area (TPSA) is 95.2 Å². The Morgan fingerprint density at radius 3 is 0.906 bits per heavy atom. The van der Waals surface area contributed by atoms with E-state index < -0.39 is 0 Å². The molecule has 0 aliphatic carbocycles. The molecule has 4 nitrogen and oxygen atoms in total. The molecule has 0 aliphatic heterocycles. The van der Waals surface area contributed by atoms with Gasteiger partial charge in [0.25, 0.3) is 0 Å². The quantitative estimate of drug-likeness (QED) is 0.350. The second kappa shape index (κ2) is 7.27. The lowest BCUT2D eigenvalue weighted by atomic mass is 9.90. The van der Waals surface area contributed by atoms with Crippen molar-refractivity contribution in [3.05, 3.63) is 83.2 Å². The standard InChI is InChI=1S/C28H12N4/c29-13-21(14-30)27-23-9-17-5-1-2-6-18(17)10-24(23)28(22(15-31)16-32)26-12-20-8-4-3-7-19(20)11-25(26)27/h1-12H. The van der Waals surface area contributed by atoms with Crippen molar-refractivity contribution in [2.45, 2.75) is 0 Å². The maximum absolute atomic E-state index is 9.78. The van der Waals surface area contributed by atoms with Gasteiger partial charge in [-0.3, -0.25) is 0 Å². The van der Waals surface area contributed by atoms with Crippen molar-refractivity contribution >= 4 is 54.2 Å². The molecular weight excluding hydrogens is 392 g/mol. The highest BCUT2D eigenvalue weighted by Crippen LogP contribution is 2.25. The predicted molar refractivity (Wildman–Crippen MR) is 125 cm³/mol. The monoisotopic (exact) mass is 404 g/mol. The number of nitrogens with zero attached hydrogens (tertiary/aromatic N) is 4. The molecule has 0 N–H and O–H groups in total. The fourth-order valence-corrected chi connectivity index (χ4v) is 4.41. The molecule has 0 fully saturated rings. The number of hydrogen-bond donors (Lipinski definition) is 0. The van der Waals surface area contributed by atoms with Crippen LogP contribution < -0.4 is 10.4 Å². The third-order valence-electron chi connectivity index (χ3n) is 5.80. The van der Waals surface area contributed by atoms with Gasteiger partial charge in [0, 0.05) is 10.4 Å². The minimum absolute atomic E-state index is 0.00687. The Morgan fingerprint density at radius 2 is 0.688 bits per heavy atom. The Hall–Kier alpha value is -5.16. The van der Waals surface area contributed by atoms with Crippen molar-refractivity contribution in [2.75, 3.05) is 0 Å². The van der Waals surface area contributed by atoms with E-state index in [1.807, 2.05) is 97.1 Å². The minimum atomic E-state index is -0.00687. The first kappa shape index (κ1) is 18.8. The van der Waals surface area contributed by atoms with Crippen LogP contribution in [0.25, 0.3) is 54.2 Å². The molecular formula is C28H12N4. The van der Waals surface area contributed by atoms with E-state index in [0.717, 1.165) is 21.5 Å². The summed E-state index contributed by atoms with van der Waals surface area (Å²) in [6.07, 6.45) is 0. The van der Waals surface area contributed by atoms with Crippen LogP contribution in [0.5, 0.6) is 0 Å². The SMILES string of the molecule is N#CC(C#N)=c1c2cc3ccccc3cc2c(=C(C#N)C#N)c2cc3ccccc3cc12. The maximum atomic E-state index is 9.78. The summed E-state index contributed by atoms with van der Waals surface area (Å²) in [6, 6.07) is 31.4. The normalized spacial score (nSPS) is 10.4. The second-order valence-electron chi connectivity index (χ2n) is 7.44. The average Bonchev–Trinajstić information content (AvgIpc) is 2.84. The molecule has 32 heavy (non-hydrogen) atoms. The molecule has 5 aromatic carbocycles. The van der Waals surface area contributed by atoms with Crippen LogP contribution in [0.4, 0.5) is 0 Å². The number of nitriles is 4. The van der Waals surface area contributed by atoms with Gasteiger partial charge >= 0.3 is 0 Å². The summed E-state index contributed by atoms with van der Waals surface area (Å²) < 4.78 is 0. The van der Waals surface area contributed by atoms with Crippen molar-refractivity contribution in [2.24, 2.45) is 0 Å². The van der Waals surface area contributed by atoms with E-state index in [2.05, 4.69) is 0 Å². The van der Waals surface area contributed by atoms with Crippen molar-refractivity contribution in [1.29, 1.82) is 21.0 Å². The van der Waals surface area contributed by atoms with Gasteiger partial charge in [-0.15, -0.1) is 0 Å². The molecule has 0 atom stereocenters. The number of benzene rings is 5. The zero-order chi connectivity index (χ0) is 22.2. The van der Waals surface area contributed by atoms with Crippen LogP contribution in [0.2, 0.25) is 0 Å². The number of fused-ring (bicyclic) bond motifs is 4. The lowest BCUT2D eigenvalue weighted by molar-refractivity contribution is 1.50. The van der Waals surface area contributed by atoms with E-state index in [0.29, 0.717) is 32.0 Å². The third kappa shape index (κ3) is 2.66. The van der Waals surface area contributed by atoms with E-state index >= 15 is 0 Å². The zero-order valence-corrected chi connectivity index (χ0v) is 16.7. The fraction of sp³-hybridized carbons (Fsp3) is 0. The average molecular weight is 404 g/mol. The fourth-order valence-electron chi connectivity index (χ4n) is 4.41. The molecule has 0 saturated heterocycles. The van der Waals surface area contributed by atoms with Crippen LogP contribution in [-0.2, 0) is 0 Å². The van der Waals surface area contributed by atoms with Crippen LogP contribution in [0.15, 0.2) is 72.8 Å². The minimum Gasteiger partial charge on any atom is -0.192 e. The molecule has 0 radical (unpaired) electrons. The van der Waals surface area contributed by atoms with Gasteiger partial charge in [-0.05, 0) is 67.4 Å². The van der Waals surface area contributed by atoms with Crippen molar-refractivity contribution < 1.29 is 0 Å². The van der Waals surface area contributed by atoms with Gasteiger partial charge in [-0.2, -0.15) is 21.0 Å². The highest BCUT2D eigenvalue weighted by Gasteiger charge is 2.14. The van der Waals surface area contributed by atoms with Crippen LogP contribution in [0.1, 0.15) is 0 Å². The largest absolute Gasteiger partial charge is 0.192 e. The Balaban J connectivity index is 2.31. The summed E-state index contributed by atoms with van der Waals surface area (Å²) in [5, 5.41) is 46.6. The Labute approximate surface area is 183 Å². The second-order valence-corrected chi connectivity index (χ2v) is 7.44. The summed E-state index contributed by atoms with van der Waals surface area (Å²) in [6.45, 7) is 0. The van der Waals surface area contributed by atoms with Crippen LogP contribution in [0.3, 0.4) is 0 Å². The van der Waals surface area contributed by atoms with Gasteiger partial charge < -0.3 is 0 Å². The number of rotatable bonds is 0. The zero-order valence-electron chi connectivity index (χ0n) is 16.7. The third-order valence-corrected chi connectivity index (χ3v) is 5.80. The lowest BCUT2D eigenvalue weighted by Gasteiger charge is -2.11. The van der Waals surface area contributed by atoms with Gasteiger partial charge in [0.2, 0.25) is 0 Å². The first-order valence-corrected chi connectivity index (χ1v) is 9.86. The van der Waals surface area contributed by atoms with Gasteiger partial charge in [0.05, 0.1) is 0 Å². The molecule has 0 amide bonds. The van der Waals surface area contributed by atoms with Crippen LogP contribution >= 0.6 is 0 Å². The molecule has 0 saturated carbocycles. The van der Waals surface area contributed by atoms with E-state index in [1.54, 1.807) is 0 Å². The molecule has 0 unspecified atom stereocenters. The molecule has 0 bridgehead atoms. The summed E-state index contributed by atoms with van der Waals surface area (Å²) in [5.41, 5.74) is -0.0137. The molecule has 0 aromatic heterocycles. The first-order valence-electron chi connectivity index (χ1n) is 9.86. The van der Waals surface area contributed by atoms with Crippen LogP contribution in [0, 0.1) is 45.3 Å². The smallest absolute Gasteiger partial charge is 0.138 e. The van der Waals surface area contributed by atoms with E-state index in [1.165, 1.54) is 0 Å². The molecule has 144 valence electrons. The summed E-state index contributed by atoms with van der Waals surface area (Å²) >= 11 is 0. The summed E-state index contributed by atoms with van der Waals surface area (Å²) in [4.78, 5) is 0. The van der Waals surface area contributed by atoms with Gasteiger partial charge in [0.1, 0.15) is 35.4 Å². The predicted octanol–water partition coefficient (Wildman–Crippen LogP) is 4.70. The Bertz CT molecular complexity index is 1640. The van der Waals surface area contributed by atoms with E-state index in [9.17, 15) is 21.0 Å². The van der Waals surface area contributed by atoms with Crippen molar-refractivity contribution in [3.63, 3.8) is 0 Å². The van der Waals surface area contributed by atoms with Gasteiger partial charge in [-0.1, -0.05) is 48.5 Å². The molecule has 0 spiro atoms. The molecule has 5 aromatic rings. The highest BCUT2D eigenvalue weighted by atomic mass is 14.3. The lowest BCUT2D eigenvalue weighted by Crippen LogP contribution is -2.18. The van der Waals surface area contributed by atoms with E-state index in [4.69, 9.17) is 0 Å². The summed E-state index contributed by atoms with van der Waals surface area (Å²) in [7, 11) is 0. The van der Waals surface area contributed by atoms with Crippen LogP contribution in [-0.4, -0.2) is 0 Å². The van der Waals surface area contributed by atoms with E-state index in [-0.39, 0.29) is 11.1 Å². The molecule has 0 aliphatic rings. The van der Waals surface area contributed by atoms with Crippen molar-refractivity contribution in [1.82, 2.24) is 0 Å². The molecule has 0 heterocycles. The number of hydrogen-bond acceptors (Lipinski definition) is 4. The molecule has 4 heteroatoms. The Morgan fingerprint density at radius 1 is 0.438 bits per heavy atom. The summed E-state index contributed by atoms with van der Waals surface area (Å²) in [5.74, 6) is 0. The first-order chi connectivity index (χ1) is 15.7. The maximum Gasteiger partial charge on any atom is 0.138 e. The van der Waals surface area contributed by atoms with Gasteiger partial charge in [0.15, 0.2) is 0 Å². The van der Waals surface area contributed by atoms with Crippen molar-refractivity contribution in [3.8, 4) is 24.3 Å². The Kier molecular flexibility index (Phi) is 4.28. The van der Waals surface area contributed by atoms with Gasteiger partial charge in [-0.25, -0.2) is 0 Å². The highest BCUT2D eigenvalue weighted by molar-refractivity contribution is 6.12. The molecule has 5 rings (SSSR count).